The molecule has 1 saturated heterocycles. The van der Waals surface area contributed by atoms with Gasteiger partial charge in [0.1, 0.15) is 29.4 Å². The van der Waals surface area contributed by atoms with Crippen LogP contribution in [0.25, 0.3) is 28.0 Å². The standard InChI is InChI=1S/C23H18B4N6O6PS/c1-13-2-4-15(5-3-13)41(38,39)33-9-7-16-18(29-12-30-20(16)33)14-10-31-32(11-14)17(6-8-28)19-21(34,35)23(26,36)40(27,37)22(19,24)25/h2-7,9-12,19,34-37H,1H3/q+1/b17-6-. The Hall–Kier alpha value is -3.24. The van der Waals surface area contributed by atoms with Crippen molar-refractivity contribution >= 4 is 65.2 Å². The molecule has 41 heavy (non-hydrogen) atoms. The number of hydrogen-bond acceptors (Lipinski definition) is 10. The van der Waals surface area contributed by atoms with Gasteiger partial charge in [0.2, 0.25) is 5.79 Å². The van der Waals surface area contributed by atoms with Crippen molar-refractivity contribution in [3.8, 4) is 17.3 Å². The third kappa shape index (κ3) is 4.05. The fraction of sp³-hybridized carbons (Fsp3) is 0.217. The van der Waals surface area contributed by atoms with Crippen LogP contribution in [0, 0.1) is 24.2 Å². The number of hydrogen-bond donors (Lipinski definition) is 4. The Labute approximate surface area is 240 Å². The quantitative estimate of drug-likeness (QED) is 0.102. The van der Waals surface area contributed by atoms with E-state index in [1.165, 1.54) is 36.8 Å². The van der Waals surface area contributed by atoms with Crippen molar-refractivity contribution in [3.63, 3.8) is 0 Å². The smallest absolute Gasteiger partial charge is 0.360 e. The maximum Gasteiger partial charge on any atom is 0.402 e. The Morgan fingerprint density at radius 1 is 1.15 bits per heavy atom. The molecule has 3 unspecified atom stereocenters. The molecule has 4 N–H and O–H groups in total. The lowest BCUT2D eigenvalue weighted by molar-refractivity contribution is -0.228. The Bertz CT molecular complexity index is 1840. The average Bonchev–Trinajstić information content (AvgIpc) is 3.57. The molecule has 0 spiro atoms. The van der Waals surface area contributed by atoms with Crippen LogP contribution in [0.5, 0.6) is 0 Å². The minimum atomic E-state index is -4.58. The van der Waals surface area contributed by atoms with E-state index < -0.39 is 39.3 Å². The zero-order chi connectivity index (χ0) is 30.2. The summed E-state index contributed by atoms with van der Waals surface area (Å²) in [6.45, 7) is 1.83. The van der Waals surface area contributed by atoms with Crippen molar-refractivity contribution in [2.45, 2.75) is 27.8 Å². The molecule has 0 bridgehead atoms. The SMILES string of the molecule is [B]C1([B])C(/C(=C/C#N)n2cc(-c3ncnc4c3ccn4S(=O)(=O)c3ccc(C)cc3)cn2)C(O)(O)C([B])(O)[P+]1([B])O. The highest BCUT2D eigenvalue weighted by Gasteiger charge is 2.80. The lowest BCUT2D eigenvalue weighted by atomic mass is 9.57. The highest BCUT2D eigenvalue weighted by Crippen LogP contribution is 2.79. The number of benzene rings is 1. The first-order valence-electron chi connectivity index (χ1n) is 11.7. The van der Waals surface area contributed by atoms with E-state index in [0.717, 1.165) is 26.6 Å². The Kier molecular flexibility index (Phi) is 6.70. The maximum absolute atomic E-state index is 13.3. The van der Waals surface area contributed by atoms with Crippen LogP contribution in [0.1, 0.15) is 5.56 Å². The van der Waals surface area contributed by atoms with Gasteiger partial charge in [-0.05, 0) is 25.1 Å². The van der Waals surface area contributed by atoms with E-state index in [-0.39, 0.29) is 27.5 Å². The summed E-state index contributed by atoms with van der Waals surface area (Å²) in [6, 6.07) is 9.53. The Balaban J connectivity index is 1.61. The van der Waals surface area contributed by atoms with Crippen LogP contribution < -0.4 is 0 Å². The molecule has 1 fully saturated rings. The van der Waals surface area contributed by atoms with Gasteiger partial charge >= 0.3 is 7.57 Å². The van der Waals surface area contributed by atoms with Crippen LogP contribution >= 0.6 is 7.37 Å². The molecule has 3 aromatic heterocycles. The van der Waals surface area contributed by atoms with E-state index in [2.05, 4.69) is 15.1 Å². The molecule has 1 aliphatic heterocycles. The Morgan fingerprint density at radius 3 is 2.39 bits per heavy atom. The molecule has 4 heterocycles. The number of aliphatic hydroxyl groups is 3. The largest absolute Gasteiger partial charge is 0.402 e. The summed E-state index contributed by atoms with van der Waals surface area (Å²) in [5, 5.41) is 42.9. The predicted molar refractivity (Wildman–Crippen MR) is 153 cm³/mol. The fourth-order valence-corrected chi connectivity index (χ4v) is 8.06. The van der Waals surface area contributed by atoms with Crippen LogP contribution in [0.3, 0.4) is 0 Å². The summed E-state index contributed by atoms with van der Waals surface area (Å²) in [6.07, 6.45) is 5.91. The molecule has 8 radical (unpaired) electrons. The molecule has 0 aliphatic carbocycles. The minimum Gasteiger partial charge on any atom is -0.360 e. The van der Waals surface area contributed by atoms with Gasteiger partial charge < -0.3 is 15.3 Å². The van der Waals surface area contributed by atoms with Crippen molar-refractivity contribution < 1.29 is 28.6 Å². The number of allylic oxidation sites excluding steroid dienone is 1. The van der Waals surface area contributed by atoms with Crippen LogP contribution in [0.15, 0.2) is 66.2 Å². The summed E-state index contributed by atoms with van der Waals surface area (Å²) >= 11 is 0. The van der Waals surface area contributed by atoms with Gasteiger partial charge in [0.05, 0.1) is 34.5 Å². The summed E-state index contributed by atoms with van der Waals surface area (Å²) in [5.74, 6) is -5.40. The third-order valence-corrected chi connectivity index (χ3v) is 11.7. The fourth-order valence-electron chi connectivity index (χ4n) is 4.83. The first kappa shape index (κ1) is 29.3. The van der Waals surface area contributed by atoms with Gasteiger partial charge in [0, 0.05) is 34.4 Å². The van der Waals surface area contributed by atoms with Crippen LogP contribution in [-0.2, 0) is 10.0 Å². The molecule has 3 atom stereocenters. The van der Waals surface area contributed by atoms with E-state index in [0.29, 0.717) is 5.39 Å². The van der Waals surface area contributed by atoms with Gasteiger partial charge in [0.15, 0.2) is 18.7 Å². The van der Waals surface area contributed by atoms with E-state index in [1.54, 1.807) is 18.2 Å². The molecular weight excluding hydrogens is 563 g/mol. The highest BCUT2D eigenvalue weighted by atomic mass is 32.2. The van der Waals surface area contributed by atoms with Gasteiger partial charge in [0.25, 0.3) is 10.0 Å². The number of nitriles is 1. The molecular formula is C23H18B4N6O6PS+. The number of rotatable bonds is 5. The van der Waals surface area contributed by atoms with Crippen molar-refractivity contribution in [1.82, 2.24) is 23.7 Å². The predicted octanol–water partition coefficient (Wildman–Crippen LogP) is -0.671. The van der Waals surface area contributed by atoms with Crippen LogP contribution in [0.4, 0.5) is 0 Å². The van der Waals surface area contributed by atoms with Crippen molar-refractivity contribution in [1.29, 1.82) is 5.26 Å². The molecule has 198 valence electrons. The molecule has 1 aliphatic rings. The van der Waals surface area contributed by atoms with Crippen molar-refractivity contribution in [2.75, 3.05) is 0 Å². The molecule has 0 amide bonds. The number of fused-ring (bicyclic) bond motifs is 1. The van der Waals surface area contributed by atoms with Crippen molar-refractivity contribution in [3.05, 3.63) is 66.9 Å². The second-order valence-electron chi connectivity index (χ2n) is 9.72. The topological polar surface area (TPSA) is 187 Å². The highest BCUT2D eigenvalue weighted by molar-refractivity contribution is 7.98. The lowest BCUT2D eigenvalue weighted by Gasteiger charge is -2.36. The Morgan fingerprint density at radius 2 is 1.80 bits per heavy atom. The van der Waals surface area contributed by atoms with E-state index in [9.17, 15) is 33.9 Å². The number of aryl methyl sites for hydroxylation is 1. The van der Waals surface area contributed by atoms with Gasteiger partial charge in [-0.2, -0.15) is 10.4 Å². The third-order valence-electron chi connectivity index (χ3n) is 7.17. The normalized spacial score (nSPS) is 25.8. The van der Waals surface area contributed by atoms with Crippen LogP contribution in [-0.4, -0.2) is 99.4 Å². The molecule has 12 nitrogen and oxygen atoms in total. The van der Waals surface area contributed by atoms with E-state index in [4.69, 9.17) is 31.1 Å². The average molecular weight is 581 g/mol. The van der Waals surface area contributed by atoms with E-state index >= 15 is 0 Å². The number of aromatic nitrogens is 5. The van der Waals surface area contributed by atoms with Gasteiger partial charge in [-0.25, -0.2) is 27.0 Å². The van der Waals surface area contributed by atoms with E-state index in [1.807, 2.05) is 6.92 Å². The zero-order valence-corrected chi connectivity index (χ0v) is 23.0. The van der Waals surface area contributed by atoms with Crippen molar-refractivity contribution in [2.24, 2.45) is 5.92 Å². The monoisotopic (exact) mass is 581 g/mol. The second-order valence-corrected chi connectivity index (χ2v) is 14.4. The summed E-state index contributed by atoms with van der Waals surface area (Å²) in [4.78, 5) is 16.6. The molecule has 0 saturated carbocycles. The van der Waals surface area contributed by atoms with Gasteiger partial charge in [-0.1, -0.05) is 17.7 Å². The lowest BCUT2D eigenvalue weighted by Crippen LogP contribution is -2.55. The van der Waals surface area contributed by atoms with Crippen LogP contribution in [0.2, 0.25) is 0 Å². The summed E-state index contributed by atoms with van der Waals surface area (Å²) in [5.41, 5.74) is 1.12. The summed E-state index contributed by atoms with van der Waals surface area (Å²) in [7, 11) is 14.9. The first-order chi connectivity index (χ1) is 19.0. The molecule has 5 rings (SSSR count). The first-order valence-corrected chi connectivity index (χ1v) is 15.0. The summed E-state index contributed by atoms with van der Waals surface area (Å²) < 4.78 is 28.7. The second kappa shape index (κ2) is 9.39. The molecule has 1 aromatic carbocycles. The maximum atomic E-state index is 13.3. The van der Waals surface area contributed by atoms with Gasteiger partial charge in [-0.15, -0.1) is 0 Å². The zero-order valence-electron chi connectivity index (χ0n) is 21.3. The number of nitrogens with zero attached hydrogens (tertiary/aromatic N) is 6. The molecule has 4 aromatic rings. The molecule has 18 heteroatoms. The minimum absolute atomic E-state index is 0.0579. The van der Waals surface area contributed by atoms with Gasteiger partial charge in [-0.3, -0.25) is 4.89 Å².